The van der Waals surface area contributed by atoms with E-state index in [1.54, 1.807) is 4.68 Å². The fraction of sp³-hybridized carbons (Fsp3) is 0.800. The van der Waals surface area contributed by atoms with Crippen molar-refractivity contribution in [3.8, 4) is 0 Å². The first kappa shape index (κ1) is 13.6. The highest BCUT2D eigenvalue weighted by Crippen LogP contribution is 2.20. The second-order valence-corrected chi connectivity index (χ2v) is 4.63. The van der Waals surface area contributed by atoms with E-state index in [1.165, 1.54) is 0 Å². The molecule has 6 heteroatoms. The molecule has 0 spiro atoms. The average Bonchev–Trinajstić information content (AvgIpc) is 2.54. The molecule has 0 saturated heterocycles. The number of nitrogens with zero attached hydrogens (tertiary/aromatic N) is 3. The molecule has 0 radical (unpaired) electrons. The van der Waals surface area contributed by atoms with Crippen LogP contribution in [0.3, 0.4) is 0 Å². The van der Waals surface area contributed by atoms with Crippen molar-refractivity contribution >= 4 is 15.9 Å². The molecule has 1 atom stereocenters. The number of halogens is 1. The molecule has 1 aromatic heterocycles. The van der Waals surface area contributed by atoms with Crippen molar-refractivity contribution in [3.05, 3.63) is 10.3 Å². The fourth-order valence-electron chi connectivity index (χ4n) is 1.48. The third-order valence-electron chi connectivity index (χ3n) is 2.20. The minimum Gasteiger partial charge on any atom is -0.377 e. The van der Waals surface area contributed by atoms with E-state index in [0.29, 0.717) is 6.61 Å². The zero-order valence-electron chi connectivity index (χ0n) is 10.2. The maximum absolute atomic E-state index is 5.64. The van der Waals surface area contributed by atoms with Crippen LogP contribution >= 0.6 is 15.9 Å². The van der Waals surface area contributed by atoms with Crippen molar-refractivity contribution in [2.24, 2.45) is 7.05 Å². The van der Waals surface area contributed by atoms with Gasteiger partial charge in [-0.1, -0.05) is 12.1 Å². The molecule has 0 fully saturated rings. The van der Waals surface area contributed by atoms with Gasteiger partial charge in [0.25, 0.3) is 0 Å². The highest BCUT2D eigenvalue weighted by molar-refractivity contribution is 9.10. The Morgan fingerprint density at radius 3 is 2.62 bits per heavy atom. The van der Waals surface area contributed by atoms with Gasteiger partial charge >= 0.3 is 0 Å². The quantitative estimate of drug-likeness (QED) is 0.866. The van der Waals surface area contributed by atoms with Crippen LogP contribution in [0.25, 0.3) is 0 Å². The number of nitrogens with one attached hydrogen (secondary N) is 1. The van der Waals surface area contributed by atoms with Crippen LogP contribution in [0.5, 0.6) is 0 Å². The second-order valence-electron chi connectivity index (χ2n) is 3.88. The van der Waals surface area contributed by atoms with E-state index in [2.05, 4.69) is 38.5 Å². The Bertz CT molecular complexity index is 307. The maximum atomic E-state index is 5.64. The summed E-state index contributed by atoms with van der Waals surface area (Å²) in [4.78, 5) is 0. The van der Waals surface area contributed by atoms with Gasteiger partial charge in [0, 0.05) is 7.05 Å². The SMILES string of the molecule is CCNC(COC(C)C)c1c(Br)nnn1C. The Labute approximate surface area is 105 Å². The molecule has 1 rings (SSSR count). The largest absolute Gasteiger partial charge is 0.377 e. The van der Waals surface area contributed by atoms with Crippen LogP contribution < -0.4 is 5.32 Å². The lowest BCUT2D eigenvalue weighted by Gasteiger charge is -2.19. The molecule has 0 saturated carbocycles. The van der Waals surface area contributed by atoms with Crippen LogP contribution in [0, 0.1) is 0 Å². The van der Waals surface area contributed by atoms with Crippen molar-refractivity contribution in [3.63, 3.8) is 0 Å². The van der Waals surface area contributed by atoms with Gasteiger partial charge in [0.15, 0.2) is 4.60 Å². The first-order valence-corrected chi connectivity index (χ1v) is 6.25. The Morgan fingerprint density at radius 2 is 2.19 bits per heavy atom. The highest BCUT2D eigenvalue weighted by Gasteiger charge is 2.19. The minimum atomic E-state index is 0.113. The molecule has 0 aliphatic rings. The fourth-order valence-corrected chi connectivity index (χ4v) is 2.08. The minimum absolute atomic E-state index is 0.113. The maximum Gasteiger partial charge on any atom is 0.153 e. The Morgan fingerprint density at radius 1 is 1.50 bits per heavy atom. The Kier molecular flexibility index (Phi) is 5.37. The van der Waals surface area contributed by atoms with Gasteiger partial charge in [-0.25, -0.2) is 4.68 Å². The molecule has 1 aromatic rings. The number of rotatable bonds is 6. The molecule has 0 aromatic carbocycles. The molecule has 92 valence electrons. The van der Waals surface area contributed by atoms with Crippen molar-refractivity contribution in [1.82, 2.24) is 20.3 Å². The zero-order chi connectivity index (χ0) is 12.1. The van der Waals surface area contributed by atoms with Gasteiger partial charge in [0.05, 0.1) is 24.4 Å². The van der Waals surface area contributed by atoms with Crippen molar-refractivity contribution < 1.29 is 4.74 Å². The van der Waals surface area contributed by atoms with Crippen LogP contribution in [0.4, 0.5) is 0 Å². The second kappa shape index (κ2) is 6.32. The first-order chi connectivity index (χ1) is 7.56. The summed E-state index contributed by atoms with van der Waals surface area (Å²) < 4.78 is 8.17. The van der Waals surface area contributed by atoms with E-state index in [9.17, 15) is 0 Å². The van der Waals surface area contributed by atoms with Gasteiger partial charge in [-0.05, 0) is 36.3 Å². The number of likely N-dealkylation sites (N-methyl/N-ethyl adjacent to an activating group) is 1. The van der Waals surface area contributed by atoms with Crippen LogP contribution in [-0.2, 0) is 11.8 Å². The zero-order valence-corrected chi connectivity index (χ0v) is 11.8. The third kappa shape index (κ3) is 3.54. The molecular weight excluding hydrogens is 272 g/mol. The lowest BCUT2D eigenvalue weighted by Crippen LogP contribution is -2.28. The van der Waals surface area contributed by atoms with Crippen LogP contribution in [0.1, 0.15) is 32.5 Å². The molecule has 1 unspecified atom stereocenters. The summed E-state index contributed by atoms with van der Waals surface area (Å²) in [5.41, 5.74) is 1.02. The predicted octanol–water partition coefficient (Wildman–Crippen LogP) is 1.65. The summed E-state index contributed by atoms with van der Waals surface area (Å²) in [6.07, 6.45) is 0.223. The van der Waals surface area contributed by atoms with E-state index in [4.69, 9.17) is 4.74 Å². The standard InChI is InChI=1S/C10H19BrN4O/c1-5-12-8(6-16-7(2)3)9-10(11)13-14-15(9)4/h7-8,12H,5-6H2,1-4H3. The topological polar surface area (TPSA) is 52.0 Å². The smallest absolute Gasteiger partial charge is 0.153 e. The van der Waals surface area contributed by atoms with E-state index >= 15 is 0 Å². The highest BCUT2D eigenvalue weighted by atomic mass is 79.9. The molecule has 1 heterocycles. The van der Waals surface area contributed by atoms with Gasteiger partial charge in [-0.15, -0.1) is 5.10 Å². The van der Waals surface area contributed by atoms with Gasteiger partial charge in [-0.2, -0.15) is 0 Å². The van der Waals surface area contributed by atoms with Crippen molar-refractivity contribution in [1.29, 1.82) is 0 Å². The number of ether oxygens (including phenoxy) is 1. The van der Waals surface area contributed by atoms with Crippen LogP contribution in [-0.4, -0.2) is 34.2 Å². The third-order valence-corrected chi connectivity index (χ3v) is 2.77. The molecule has 0 bridgehead atoms. The van der Waals surface area contributed by atoms with Crippen molar-refractivity contribution in [2.75, 3.05) is 13.2 Å². The molecule has 5 nitrogen and oxygen atoms in total. The lowest BCUT2D eigenvalue weighted by molar-refractivity contribution is 0.0597. The summed E-state index contributed by atoms with van der Waals surface area (Å²) in [5.74, 6) is 0. The van der Waals surface area contributed by atoms with Gasteiger partial charge in [-0.3, -0.25) is 0 Å². The normalized spacial score (nSPS) is 13.4. The van der Waals surface area contributed by atoms with Gasteiger partial charge in [0.1, 0.15) is 0 Å². The number of aromatic nitrogens is 3. The molecule has 1 N–H and O–H groups in total. The van der Waals surface area contributed by atoms with Crippen LogP contribution in [0.2, 0.25) is 0 Å². The summed E-state index contributed by atoms with van der Waals surface area (Å²) in [6, 6.07) is 0.113. The summed E-state index contributed by atoms with van der Waals surface area (Å²) in [6.45, 7) is 7.62. The van der Waals surface area contributed by atoms with Gasteiger partial charge < -0.3 is 10.1 Å². The van der Waals surface area contributed by atoms with E-state index < -0.39 is 0 Å². The Balaban J connectivity index is 2.76. The number of hydrogen-bond donors (Lipinski definition) is 1. The monoisotopic (exact) mass is 290 g/mol. The number of aryl methyl sites for hydroxylation is 1. The molecule has 0 aliphatic heterocycles. The van der Waals surface area contributed by atoms with Crippen LogP contribution in [0.15, 0.2) is 4.60 Å². The van der Waals surface area contributed by atoms with Gasteiger partial charge in [0.2, 0.25) is 0 Å². The average molecular weight is 291 g/mol. The summed E-state index contributed by atoms with van der Waals surface area (Å²) in [5, 5.41) is 11.3. The van der Waals surface area contributed by atoms with E-state index in [0.717, 1.165) is 16.8 Å². The molecular formula is C10H19BrN4O. The molecule has 0 aliphatic carbocycles. The van der Waals surface area contributed by atoms with E-state index in [-0.39, 0.29) is 12.1 Å². The number of hydrogen-bond acceptors (Lipinski definition) is 4. The first-order valence-electron chi connectivity index (χ1n) is 5.46. The summed E-state index contributed by atoms with van der Waals surface area (Å²) >= 11 is 3.40. The molecule has 16 heavy (non-hydrogen) atoms. The lowest BCUT2D eigenvalue weighted by atomic mass is 10.2. The summed E-state index contributed by atoms with van der Waals surface area (Å²) in [7, 11) is 1.88. The van der Waals surface area contributed by atoms with Crippen molar-refractivity contribution in [2.45, 2.75) is 32.9 Å². The Hall–Kier alpha value is -0.460. The predicted molar refractivity (Wildman–Crippen MR) is 66.2 cm³/mol. The molecule has 0 amide bonds. The van der Waals surface area contributed by atoms with E-state index in [1.807, 2.05) is 20.9 Å².